The Morgan fingerprint density at radius 2 is 1.95 bits per heavy atom. The number of benzene rings is 1. The molecule has 4 nitrogen and oxygen atoms in total. The van der Waals surface area contributed by atoms with Gasteiger partial charge in [0.2, 0.25) is 10.0 Å². The average Bonchev–Trinajstić information content (AvgIpc) is 2.93. The van der Waals surface area contributed by atoms with E-state index in [0.717, 1.165) is 12.0 Å². The third kappa shape index (κ3) is 3.89. The van der Waals surface area contributed by atoms with E-state index in [-0.39, 0.29) is 4.90 Å². The molecular weight excluding hydrogens is 292 g/mol. The Balaban J connectivity index is 2.00. The molecule has 0 saturated heterocycles. The summed E-state index contributed by atoms with van der Waals surface area (Å²) in [6, 6.07) is 11.1. The molecule has 0 bridgehead atoms. The molecule has 0 fully saturated rings. The van der Waals surface area contributed by atoms with Gasteiger partial charge in [-0.15, -0.1) is 11.3 Å². The summed E-state index contributed by atoms with van der Waals surface area (Å²) in [7, 11) is -3.61. The van der Waals surface area contributed by atoms with Crippen LogP contribution < -0.4 is 10.5 Å². The van der Waals surface area contributed by atoms with Crippen molar-refractivity contribution >= 4 is 21.4 Å². The number of primary sulfonamides is 1. The average molecular weight is 310 g/mol. The van der Waals surface area contributed by atoms with E-state index >= 15 is 0 Å². The van der Waals surface area contributed by atoms with E-state index < -0.39 is 10.0 Å². The topological polar surface area (TPSA) is 72.2 Å². The van der Waals surface area contributed by atoms with E-state index in [9.17, 15) is 8.42 Å². The maximum atomic E-state index is 11.2. The monoisotopic (exact) mass is 310 g/mol. The van der Waals surface area contributed by atoms with Crippen molar-refractivity contribution in [2.45, 2.75) is 30.8 Å². The van der Waals surface area contributed by atoms with Crippen LogP contribution in [0.2, 0.25) is 0 Å². The van der Waals surface area contributed by atoms with Crippen LogP contribution in [-0.4, -0.2) is 8.42 Å². The summed E-state index contributed by atoms with van der Waals surface area (Å²) in [6.45, 7) is 2.84. The molecule has 0 saturated carbocycles. The van der Waals surface area contributed by atoms with Gasteiger partial charge in [0.25, 0.3) is 0 Å². The summed E-state index contributed by atoms with van der Waals surface area (Å²) in [5, 5.41) is 10.6. The number of hydrogen-bond donors (Lipinski definition) is 2. The van der Waals surface area contributed by atoms with Gasteiger partial charge < -0.3 is 5.32 Å². The SMILES string of the molecule is CCC(NCc1ccc(S(N)(=O)=O)cc1)c1cccs1. The first-order valence-corrected chi connectivity index (χ1v) is 8.82. The Bertz CT molecular complexity index is 634. The van der Waals surface area contributed by atoms with Crippen molar-refractivity contribution in [3.05, 3.63) is 52.2 Å². The highest BCUT2D eigenvalue weighted by Gasteiger charge is 2.10. The molecule has 0 spiro atoms. The molecule has 0 aliphatic rings. The van der Waals surface area contributed by atoms with E-state index in [0.29, 0.717) is 12.6 Å². The summed E-state index contributed by atoms with van der Waals surface area (Å²) in [5.41, 5.74) is 1.03. The molecule has 20 heavy (non-hydrogen) atoms. The Kier molecular flexibility index (Phi) is 4.93. The lowest BCUT2D eigenvalue weighted by molar-refractivity contribution is 0.526. The van der Waals surface area contributed by atoms with Gasteiger partial charge in [0.15, 0.2) is 0 Å². The lowest BCUT2D eigenvalue weighted by Gasteiger charge is -2.15. The van der Waals surface area contributed by atoms with Crippen LogP contribution in [0.25, 0.3) is 0 Å². The van der Waals surface area contributed by atoms with Crippen molar-refractivity contribution < 1.29 is 8.42 Å². The third-order valence-electron chi connectivity index (χ3n) is 3.10. The Hall–Kier alpha value is -1.21. The number of rotatable bonds is 6. The van der Waals surface area contributed by atoms with Crippen molar-refractivity contribution in [3.63, 3.8) is 0 Å². The molecule has 0 radical (unpaired) electrons. The summed E-state index contributed by atoms with van der Waals surface area (Å²) in [6.07, 6.45) is 1.01. The molecule has 1 unspecified atom stereocenters. The number of nitrogens with two attached hydrogens (primary N) is 1. The van der Waals surface area contributed by atoms with E-state index in [2.05, 4.69) is 23.7 Å². The normalized spacial score (nSPS) is 13.3. The quantitative estimate of drug-likeness (QED) is 0.861. The minimum atomic E-state index is -3.61. The third-order valence-corrected chi connectivity index (χ3v) is 5.01. The fourth-order valence-corrected chi connectivity index (χ4v) is 3.37. The second-order valence-corrected chi connectivity index (χ2v) is 7.09. The van der Waals surface area contributed by atoms with Gasteiger partial charge in [-0.2, -0.15) is 0 Å². The fourth-order valence-electron chi connectivity index (χ4n) is 1.97. The zero-order valence-electron chi connectivity index (χ0n) is 11.2. The van der Waals surface area contributed by atoms with Crippen molar-refractivity contribution in [2.24, 2.45) is 5.14 Å². The van der Waals surface area contributed by atoms with Gasteiger partial charge in [0.1, 0.15) is 0 Å². The van der Waals surface area contributed by atoms with Crippen LogP contribution in [0, 0.1) is 0 Å². The first-order valence-electron chi connectivity index (χ1n) is 6.39. The minimum Gasteiger partial charge on any atom is -0.305 e. The van der Waals surface area contributed by atoms with Gasteiger partial charge >= 0.3 is 0 Å². The van der Waals surface area contributed by atoms with E-state index in [1.54, 1.807) is 35.6 Å². The molecule has 108 valence electrons. The molecule has 0 amide bonds. The molecule has 1 aromatic heterocycles. The second-order valence-electron chi connectivity index (χ2n) is 4.55. The highest BCUT2D eigenvalue weighted by molar-refractivity contribution is 7.89. The van der Waals surface area contributed by atoms with Gasteiger partial charge in [-0.3, -0.25) is 0 Å². The van der Waals surface area contributed by atoms with Gasteiger partial charge in [0.05, 0.1) is 4.90 Å². The predicted molar refractivity (Wildman–Crippen MR) is 82.0 cm³/mol. The molecule has 2 aromatic rings. The molecule has 1 atom stereocenters. The summed E-state index contributed by atoms with van der Waals surface area (Å²) < 4.78 is 22.4. The van der Waals surface area contributed by atoms with E-state index in [4.69, 9.17) is 5.14 Å². The van der Waals surface area contributed by atoms with Crippen LogP contribution in [0.3, 0.4) is 0 Å². The Morgan fingerprint density at radius 1 is 1.25 bits per heavy atom. The maximum absolute atomic E-state index is 11.2. The number of hydrogen-bond acceptors (Lipinski definition) is 4. The molecule has 1 aromatic carbocycles. The molecule has 3 N–H and O–H groups in total. The van der Waals surface area contributed by atoms with Crippen LogP contribution in [0.1, 0.15) is 29.8 Å². The number of thiophene rings is 1. The van der Waals surface area contributed by atoms with Crippen LogP contribution in [-0.2, 0) is 16.6 Å². The van der Waals surface area contributed by atoms with Gasteiger partial charge in [-0.25, -0.2) is 13.6 Å². The summed E-state index contributed by atoms with van der Waals surface area (Å²) in [5.74, 6) is 0. The fraction of sp³-hybridized carbons (Fsp3) is 0.286. The second kappa shape index (κ2) is 6.49. The molecule has 0 aliphatic heterocycles. The van der Waals surface area contributed by atoms with E-state index in [1.807, 2.05) is 6.07 Å². The molecule has 2 rings (SSSR count). The molecule has 0 aliphatic carbocycles. The Morgan fingerprint density at radius 3 is 2.45 bits per heavy atom. The maximum Gasteiger partial charge on any atom is 0.238 e. The highest BCUT2D eigenvalue weighted by atomic mass is 32.2. The standard InChI is InChI=1S/C14H18N2O2S2/c1-2-13(14-4-3-9-19-14)16-10-11-5-7-12(8-6-11)20(15,17)18/h3-9,13,16H,2,10H2,1H3,(H2,15,17,18). The zero-order valence-corrected chi connectivity index (χ0v) is 12.9. The minimum absolute atomic E-state index is 0.145. The number of sulfonamides is 1. The molecular formula is C14H18N2O2S2. The first kappa shape index (κ1) is 15.2. The lowest BCUT2D eigenvalue weighted by Crippen LogP contribution is -2.19. The van der Waals surface area contributed by atoms with Crippen LogP contribution in [0.15, 0.2) is 46.7 Å². The Labute approximate surface area is 123 Å². The molecule has 6 heteroatoms. The number of nitrogens with one attached hydrogen (secondary N) is 1. The zero-order chi connectivity index (χ0) is 14.6. The van der Waals surface area contributed by atoms with Crippen molar-refractivity contribution in [2.75, 3.05) is 0 Å². The summed E-state index contributed by atoms with van der Waals surface area (Å²) in [4.78, 5) is 1.46. The lowest BCUT2D eigenvalue weighted by atomic mass is 10.1. The smallest absolute Gasteiger partial charge is 0.238 e. The van der Waals surface area contributed by atoms with Crippen LogP contribution in [0.4, 0.5) is 0 Å². The van der Waals surface area contributed by atoms with Gasteiger partial charge in [0, 0.05) is 17.5 Å². The van der Waals surface area contributed by atoms with Crippen LogP contribution in [0.5, 0.6) is 0 Å². The highest BCUT2D eigenvalue weighted by Crippen LogP contribution is 2.22. The van der Waals surface area contributed by atoms with Crippen LogP contribution >= 0.6 is 11.3 Å². The summed E-state index contributed by atoms with van der Waals surface area (Å²) >= 11 is 1.74. The largest absolute Gasteiger partial charge is 0.305 e. The predicted octanol–water partition coefficient (Wildman–Crippen LogP) is 2.64. The van der Waals surface area contributed by atoms with E-state index in [1.165, 1.54) is 4.88 Å². The van der Waals surface area contributed by atoms with Crippen molar-refractivity contribution in [1.29, 1.82) is 0 Å². The van der Waals surface area contributed by atoms with Crippen molar-refractivity contribution in [3.8, 4) is 0 Å². The van der Waals surface area contributed by atoms with Crippen molar-refractivity contribution in [1.82, 2.24) is 5.32 Å². The first-order chi connectivity index (χ1) is 9.50. The van der Waals surface area contributed by atoms with Gasteiger partial charge in [-0.1, -0.05) is 25.1 Å². The molecule has 1 heterocycles. The van der Waals surface area contributed by atoms with Gasteiger partial charge in [-0.05, 0) is 35.6 Å².